The monoisotopic (exact) mass is 388 g/mol. The number of morpholine rings is 1. The molecule has 0 bridgehead atoms. The van der Waals surface area contributed by atoms with Crippen LogP contribution in [0.15, 0.2) is 55.0 Å². The number of alkyl halides is 3. The first-order valence-electron chi connectivity index (χ1n) is 8.94. The fourth-order valence-corrected chi connectivity index (χ4v) is 3.30. The summed E-state index contributed by atoms with van der Waals surface area (Å²) >= 11 is 0. The number of pyridine rings is 1. The number of imidazole rings is 1. The minimum atomic E-state index is -4.34. The molecule has 146 valence electrons. The lowest BCUT2D eigenvalue weighted by atomic mass is 10.1. The number of nitrogens with zero attached hydrogens (tertiary/aromatic N) is 3. The van der Waals surface area contributed by atoms with Crippen LogP contribution in [0.4, 0.5) is 13.2 Å². The lowest BCUT2D eigenvalue weighted by Gasteiger charge is -2.34. The first-order chi connectivity index (χ1) is 13.5. The second kappa shape index (κ2) is 7.73. The van der Waals surface area contributed by atoms with E-state index < -0.39 is 11.7 Å². The number of aromatic amines is 1. The second-order valence-electron chi connectivity index (χ2n) is 6.68. The molecule has 5 nitrogen and oxygen atoms in total. The minimum absolute atomic E-state index is 0.0582. The smallest absolute Gasteiger partial charge is 0.378 e. The highest BCUT2D eigenvalue weighted by molar-refractivity contribution is 5.59. The third kappa shape index (κ3) is 4.07. The standard InChI is InChI=1S/C20H19F3N4O/c21-20(22,23)16-5-3-15(4-6-16)17-11-25-19(26-17)18-13-28-9-8-27(18)12-14-2-1-7-24-10-14/h1-7,10-11,18H,8-9,12-13H2,(H,25,26). The number of aromatic nitrogens is 3. The molecular weight excluding hydrogens is 369 g/mol. The van der Waals surface area contributed by atoms with Gasteiger partial charge in [-0.3, -0.25) is 9.88 Å². The summed E-state index contributed by atoms with van der Waals surface area (Å²) in [5.41, 5.74) is 1.76. The normalized spacial score (nSPS) is 18.3. The molecule has 0 radical (unpaired) electrons. The van der Waals surface area contributed by atoms with Crippen molar-refractivity contribution in [3.63, 3.8) is 0 Å². The number of hydrogen-bond donors (Lipinski definition) is 1. The Labute approximate surface area is 160 Å². The van der Waals surface area contributed by atoms with Gasteiger partial charge in [-0.25, -0.2) is 4.98 Å². The van der Waals surface area contributed by atoms with Crippen molar-refractivity contribution in [3.05, 3.63) is 71.9 Å². The van der Waals surface area contributed by atoms with Crippen LogP contribution in [0.1, 0.15) is 23.0 Å². The van der Waals surface area contributed by atoms with Crippen LogP contribution in [0.2, 0.25) is 0 Å². The van der Waals surface area contributed by atoms with E-state index in [9.17, 15) is 13.2 Å². The average molecular weight is 388 g/mol. The van der Waals surface area contributed by atoms with Gasteiger partial charge in [0.15, 0.2) is 0 Å². The zero-order valence-electron chi connectivity index (χ0n) is 15.0. The van der Waals surface area contributed by atoms with Crippen LogP contribution in [0.3, 0.4) is 0 Å². The Balaban J connectivity index is 1.53. The topological polar surface area (TPSA) is 54.0 Å². The third-order valence-corrected chi connectivity index (χ3v) is 4.78. The molecular formula is C20H19F3N4O. The van der Waals surface area contributed by atoms with E-state index in [1.54, 1.807) is 12.4 Å². The van der Waals surface area contributed by atoms with Gasteiger partial charge in [0.1, 0.15) is 5.82 Å². The lowest BCUT2D eigenvalue weighted by molar-refractivity contribution is -0.137. The zero-order valence-corrected chi connectivity index (χ0v) is 15.0. The predicted molar refractivity (Wildman–Crippen MR) is 97.2 cm³/mol. The zero-order chi connectivity index (χ0) is 19.6. The molecule has 3 aromatic rings. The Bertz CT molecular complexity index is 909. The Morgan fingerprint density at radius 2 is 1.96 bits per heavy atom. The van der Waals surface area contributed by atoms with Crippen molar-refractivity contribution in [1.82, 2.24) is 19.9 Å². The number of ether oxygens (including phenoxy) is 1. The van der Waals surface area contributed by atoms with Crippen LogP contribution in [-0.4, -0.2) is 39.6 Å². The summed E-state index contributed by atoms with van der Waals surface area (Å²) in [6, 6.07) is 8.92. The maximum absolute atomic E-state index is 12.7. The van der Waals surface area contributed by atoms with Gasteiger partial charge in [-0.1, -0.05) is 18.2 Å². The van der Waals surface area contributed by atoms with Crippen LogP contribution < -0.4 is 0 Å². The van der Waals surface area contributed by atoms with E-state index in [4.69, 9.17) is 4.74 Å². The molecule has 1 unspecified atom stereocenters. The molecule has 28 heavy (non-hydrogen) atoms. The molecule has 0 spiro atoms. The fraction of sp³-hybridized carbons (Fsp3) is 0.300. The molecule has 3 heterocycles. The average Bonchev–Trinajstić information content (AvgIpc) is 3.19. The molecule has 1 fully saturated rings. The van der Waals surface area contributed by atoms with Crippen molar-refractivity contribution in [3.8, 4) is 11.3 Å². The van der Waals surface area contributed by atoms with E-state index >= 15 is 0 Å². The van der Waals surface area contributed by atoms with E-state index in [-0.39, 0.29) is 6.04 Å². The molecule has 2 aromatic heterocycles. The number of hydrogen-bond acceptors (Lipinski definition) is 4. The minimum Gasteiger partial charge on any atom is -0.378 e. The number of rotatable bonds is 4. The van der Waals surface area contributed by atoms with Crippen LogP contribution >= 0.6 is 0 Å². The van der Waals surface area contributed by atoms with Crippen molar-refractivity contribution in [2.24, 2.45) is 0 Å². The van der Waals surface area contributed by atoms with Crippen molar-refractivity contribution in [1.29, 1.82) is 0 Å². The largest absolute Gasteiger partial charge is 0.416 e. The van der Waals surface area contributed by atoms with Gasteiger partial charge >= 0.3 is 6.18 Å². The SMILES string of the molecule is FC(F)(F)c1ccc(-c2cnc(C3COCCN3Cc3cccnc3)[nH]2)cc1. The van der Waals surface area contributed by atoms with Gasteiger partial charge in [0.25, 0.3) is 0 Å². The summed E-state index contributed by atoms with van der Waals surface area (Å²) in [4.78, 5) is 14.1. The molecule has 0 amide bonds. The van der Waals surface area contributed by atoms with Crippen molar-refractivity contribution >= 4 is 0 Å². The van der Waals surface area contributed by atoms with E-state index in [1.165, 1.54) is 12.1 Å². The van der Waals surface area contributed by atoms with E-state index in [0.717, 1.165) is 36.6 Å². The van der Waals surface area contributed by atoms with Crippen LogP contribution in [0.5, 0.6) is 0 Å². The van der Waals surface area contributed by atoms with E-state index in [0.29, 0.717) is 24.5 Å². The van der Waals surface area contributed by atoms with Crippen LogP contribution in [-0.2, 0) is 17.5 Å². The highest BCUT2D eigenvalue weighted by atomic mass is 19.4. The van der Waals surface area contributed by atoms with Gasteiger partial charge in [-0.15, -0.1) is 0 Å². The summed E-state index contributed by atoms with van der Waals surface area (Å²) < 4.78 is 43.9. The van der Waals surface area contributed by atoms with Crippen molar-refractivity contribution < 1.29 is 17.9 Å². The number of nitrogens with one attached hydrogen (secondary N) is 1. The Hall–Kier alpha value is -2.71. The molecule has 0 aliphatic carbocycles. The first-order valence-corrected chi connectivity index (χ1v) is 8.94. The van der Waals surface area contributed by atoms with Crippen LogP contribution in [0.25, 0.3) is 11.3 Å². The molecule has 8 heteroatoms. The molecule has 1 atom stereocenters. The van der Waals surface area contributed by atoms with Gasteiger partial charge in [-0.2, -0.15) is 13.2 Å². The van der Waals surface area contributed by atoms with Gasteiger partial charge in [0.05, 0.1) is 36.7 Å². The summed E-state index contributed by atoms with van der Waals surface area (Å²) in [5, 5.41) is 0. The summed E-state index contributed by atoms with van der Waals surface area (Å²) in [6.45, 7) is 2.62. The highest BCUT2D eigenvalue weighted by Crippen LogP contribution is 2.31. The molecule has 1 saturated heterocycles. The molecule has 4 rings (SSSR count). The molecule has 1 aliphatic rings. The van der Waals surface area contributed by atoms with Crippen molar-refractivity contribution in [2.75, 3.05) is 19.8 Å². The second-order valence-corrected chi connectivity index (χ2v) is 6.68. The number of halogens is 3. The maximum Gasteiger partial charge on any atom is 0.416 e. The Morgan fingerprint density at radius 3 is 2.68 bits per heavy atom. The van der Waals surface area contributed by atoms with E-state index in [2.05, 4.69) is 19.9 Å². The van der Waals surface area contributed by atoms with Gasteiger partial charge < -0.3 is 9.72 Å². The van der Waals surface area contributed by atoms with Gasteiger partial charge in [0.2, 0.25) is 0 Å². The molecule has 1 N–H and O–H groups in total. The third-order valence-electron chi connectivity index (χ3n) is 4.78. The highest BCUT2D eigenvalue weighted by Gasteiger charge is 2.30. The summed E-state index contributed by atoms with van der Waals surface area (Å²) in [5.74, 6) is 0.735. The maximum atomic E-state index is 12.7. The first kappa shape index (κ1) is 18.6. The number of benzene rings is 1. The van der Waals surface area contributed by atoms with Crippen LogP contribution in [0, 0.1) is 0 Å². The predicted octanol–water partition coefficient (Wildman–Crippen LogP) is 4.06. The van der Waals surface area contributed by atoms with Gasteiger partial charge in [-0.05, 0) is 29.3 Å². The van der Waals surface area contributed by atoms with E-state index in [1.807, 2.05) is 18.3 Å². The summed E-state index contributed by atoms with van der Waals surface area (Å²) in [6.07, 6.45) is 0.879. The Kier molecular flexibility index (Phi) is 5.15. The molecule has 0 saturated carbocycles. The molecule has 1 aliphatic heterocycles. The molecule has 1 aromatic carbocycles. The fourth-order valence-electron chi connectivity index (χ4n) is 3.30. The Morgan fingerprint density at radius 1 is 1.14 bits per heavy atom. The lowest BCUT2D eigenvalue weighted by Crippen LogP contribution is -2.39. The summed E-state index contributed by atoms with van der Waals surface area (Å²) in [7, 11) is 0. The number of H-pyrrole nitrogens is 1. The quantitative estimate of drug-likeness (QED) is 0.732. The van der Waals surface area contributed by atoms with Gasteiger partial charge in [0, 0.05) is 25.5 Å². The van der Waals surface area contributed by atoms with Crippen molar-refractivity contribution in [2.45, 2.75) is 18.8 Å².